The van der Waals surface area contributed by atoms with Crippen molar-refractivity contribution < 1.29 is 5.11 Å². The summed E-state index contributed by atoms with van der Waals surface area (Å²) >= 11 is 0. The Balaban J connectivity index is 1.75. The van der Waals surface area contributed by atoms with Gasteiger partial charge in [-0.3, -0.25) is 4.90 Å². The molecular weight excluding hydrogens is 188 g/mol. The molecule has 0 amide bonds. The summed E-state index contributed by atoms with van der Waals surface area (Å²) < 4.78 is 0. The fourth-order valence-electron chi connectivity index (χ4n) is 2.98. The Labute approximate surface area is 92.8 Å². The van der Waals surface area contributed by atoms with E-state index in [9.17, 15) is 5.11 Å². The third kappa shape index (κ3) is 2.92. The lowest BCUT2D eigenvalue weighted by atomic mass is 9.83. The topological polar surface area (TPSA) is 35.5 Å². The monoisotopic (exact) mass is 212 g/mol. The van der Waals surface area contributed by atoms with Crippen LogP contribution in [0.3, 0.4) is 0 Å². The second kappa shape index (κ2) is 5.28. The first-order valence-electron chi connectivity index (χ1n) is 6.37. The number of likely N-dealkylation sites (N-methyl/N-ethyl adjacent to an activating group) is 1. The second-order valence-corrected chi connectivity index (χ2v) is 5.17. The maximum Gasteiger partial charge on any atom is 0.0793 e. The number of likely N-dealkylation sites (tertiary alicyclic amines) is 1. The number of nitrogens with zero attached hydrogens (tertiary/aromatic N) is 1. The molecule has 3 heteroatoms. The number of rotatable bonds is 4. The van der Waals surface area contributed by atoms with Crippen LogP contribution in [0.1, 0.15) is 32.1 Å². The van der Waals surface area contributed by atoms with Crippen LogP contribution in [0.2, 0.25) is 0 Å². The molecule has 2 fully saturated rings. The number of β-amino-alcohol motifs (C(OH)–C–C–N with tert-alkyl or cyclic N) is 1. The molecule has 2 rings (SSSR count). The van der Waals surface area contributed by atoms with E-state index in [1.807, 2.05) is 0 Å². The van der Waals surface area contributed by atoms with Crippen molar-refractivity contribution >= 4 is 0 Å². The Kier molecular flexibility index (Phi) is 4.00. The van der Waals surface area contributed by atoms with E-state index >= 15 is 0 Å². The van der Waals surface area contributed by atoms with Crippen LogP contribution in [-0.4, -0.2) is 48.8 Å². The highest BCUT2D eigenvalue weighted by Gasteiger charge is 2.29. The summed E-state index contributed by atoms with van der Waals surface area (Å²) in [6.45, 7) is 2.88. The van der Waals surface area contributed by atoms with Crippen molar-refractivity contribution in [1.29, 1.82) is 0 Å². The fourth-order valence-corrected chi connectivity index (χ4v) is 2.98. The standard InChI is InChI=1S/C12H24N2O/c1-13-12(9-14-7-11(15)8-14)10-5-3-2-4-6-10/h10-13,15H,2-9H2,1H3/t12-/m1/s1. The van der Waals surface area contributed by atoms with Gasteiger partial charge in [0.25, 0.3) is 0 Å². The third-order valence-corrected chi connectivity index (χ3v) is 3.98. The molecule has 1 aliphatic carbocycles. The molecule has 2 aliphatic rings. The van der Waals surface area contributed by atoms with E-state index in [0.29, 0.717) is 6.04 Å². The van der Waals surface area contributed by atoms with Gasteiger partial charge in [0.1, 0.15) is 0 Å². The van der Waals surface area contributed by atoms with Gasteiger partial charge in [-0.25, -0.2) is 0 Å². The number of hydrogen-bond donors (Lipinski definition) is 2. The summed E-state index contributed by atoms with van der Waals surface area (Å²) in [6, 6.07) is 0.637. The van der Waals surface area contributed by atoms with E-state index in [4.69, 9.17) is 0 Å². The predicted molar refractivity (Wildman–Crippen MR) is 61.9 cm³/mol. The minimum Gasteiger partial charge on any atom is -0.390 e. The van der Waals surface area contributed by atoms with Crippen LogP contribution < -0.4 is 5.32 Å². The highest BCUT2D eigenvalue weighted by Crippen LogP contribution is 2.27. The summed E-state index contributed by atoms with van der Waals surface area (Å²) in [6.07, 6.45) is 6.96. The van der Waals surface area contributed by atoms with E-state index in [1.54, 1.807) is 0 Å². The first kappa shape index (κ1) is 11.4. The van der Waals surface area contributed by atoms with Crippen molar-refractivity contribution in [2.75, 3.05) is 26.7 Å². The van der Waals surface area contributed by atoms with Gasteiger partial charge in [0.05, 0.1) is 6.10 Å². The lowest BCUT2D eigenvalue weighted by Gasteiger charge is -2.40. The Bertz CT molecular complexity index is 186. The van der Waals surface area contributed by atoms with Gasteiger partial charge in [-0.05, 0) is 25.8 Å². The molecule has 15 heavy (non-hydrogen) atoms. The van der Waals surface area contributed by atoms with E-state index in [-0.39, 0.29) is 6.10 Å². The van der Waals surface area contributed by atoms with Gasteiger partial charge in [0.15, 0.2) is 0 Å². The highest BCUT2D eigenvalue weighted by atomic mass is 16.3. The minimum atomic E-state index is -0.0612. The van der Waals surface area contributed by atoms with E-state index < -0.39 is 0 Å². The van der Waals surface area contributed by atoms with Crippen molar-refractivity contribution in [3.63, 3.8) is 0 Å². The zero-order valence-electron chi connectivity index (χ0n) is 9.78. The van der Waals surface area contributed by atoms with E-state index in [1.165, 1.54) is 32.1 Å². The van der Waals surface area contributed by atoms with E-state index in [0.717, 1.165) is 25.6 Å². The van der Waals surface area contributed by atoms with Crippen molar-refractivity contribution in [3.8, 4) is 0 Å². The fraction of sp³-hybridized carbons (Fsp3) is 1.00. The molecule has 1 atom stereocenters. The molecule has 0 aromatic rings. The van der Waals surface area contributed by atoms with Crippen molar-refractivity contribution in [2.45, 2.75) is 44.2 Å². The highest BCUT2D eigenvalue weighted by molar-refractivity contribution is 4.86. The van der Waals surface area contributed by atoms with Crippen LogP contribution in [0, 0.1) is 5.92 Å². The second-order valence-electron chi connectivity index (χ2n) is 5.17. The average Bonchev–Trinajstić information content (AvgIpc) is 2.24. The zero-order chi connectivity index (χ0) is 10.7. The normalized spacial score (nSPS) is 27.6. The Morgan fingerprint density at radius 1 is 1.27 bits per heavy atom. The first-order valence-corrected chi connectivity index (χ1v) is 6.37. The molecule has 0 aromatic heterocycles. The molecule has 0 radical (unpaired) electrons. The smallest absolute Gasteiger partial charge is 0.0793 e. The van der Waals surface area contributed by atoms with Gasteiger partial charge in [0, 0.05) is 25.7 Å². The van der Waals surface area contributed by atoms with Gasteiger partial charge in [-0.15, -0.1) is 0 Å². The van der Waals surface area contributed by atoms with Crippen molar-refractivity contribution in [1.82, 2.24) is 10.2 Å². The summed E-state index contributed by atoms with van der Waals surface area (Å²) in [5, 5.41) is 12.7. The van der Waals surface area contributed by atoms with Crippen LogP contribution in [0.4, 0.5) is 0 Å². The number of aliphatic hydroxyl groups is 1. The molecule has 3 nitrogen and oxygen atoms in total. The number of hydrogen-bond acceptors (Lipinski definition) is 3. The minimum absolute atomic E-state index is 0.0612. The summed E-state index contributed by atoms with van der Waals surface area (Å²) in [5.41, 5.74) is 0. The van der Waals surface area contributed by atoms with Crippen LogP contribution in [0.15, 0.2) is 0 Å². The Hall–Kier alpha value is -0.120. The zero-order valence-corrected chi connectivity index (χ0v) is 9.78. The predicted octanol–water partition coefficient (Wildman–Crippen LogP) is 0.831. The van der Waals surface area contributed by atoms with Gasteiger partial charge >= 0.3 is 0 Å². The third-order valence-electron chi connectivity index (χ3n) is 3.98. The van der Waals surface area contributed by atoms with Gasteiger partial charge < -0.3 is 10.4 Å². The Morgan fingerprint density at radius 2 is 1.93 bits per heavy atom. The lowest BCUT2D eigenvalue weighted by molar-refractivity contribution is -0.00751. The maximum atomic E-state index is 9.25. The molecule has 0 unspecified atom stereocenters. The van der Waals surface area contributed by atoms with Gasteiger partial charge in [-0.1, -0.05) is 19.3 Å². The maximum absolute atomic E-state index is 9.25. The summed E-state index contributed by atoms with van der Waals surface area (Å²) in [5.74, 6) is 0.862. The summed E-state index contributed by atoms with van der Waals surface area (Å²) in [4.78, 5) is 2.36. The van der Waals surface area contributed by atoms with Crippen LogP contribution in [0.5, 0.6) is 0 Å². The molecule has 1 aliphatic heterocycles. The molecule has 1 saturated carbocycles. The van der Waals surface area contributed by atoms with Crippen LogP contribution in [-0.2, 0) is 0 Å². The largest absolute Gasteiger partial charge is 0.390 e. The lowest BCUT2D eigenvalue weighted by Crippen LogP contribution is -2.56. The van der Waals surface area contributed by atoms with E-state index in [2.05, 4.69) is 17.3 Å². The van der Waals surface area contributed by atoms with Gasteiger partial charge in [-0.2, -0.15) is 0 Å². The molecule has 0 aromatic carbocycles. The SMILES string of the molecule is CN[C@H](CN1CC(O)C1)C1CCCCC1. The molecule has 1 heterocycles. The van der Waals surface area contributed by atoms with Crippen LogP contribution in [0.25, 0.3) is 0 Å². The first-order chi connectivity index (χ1) is 7.29. The van der Waals surface area contributed by atoms with Gasteiger partial charge in [0.2, 0.25) is 0 Å². The van der Waals surface area contributed by atoms with Crippen molar-refractivity contribution in [3.05, 3.63) is 0 Å². The molecule has 1 saturated heterocycles. The molecule has 88 valence electrons. The molecular formula is C12H24N2O. The quantitative estimate of drug-likeness (QED) is 0.724. The molecule has 0 spiro atoms. The number of nitrogens with one attached hydrogen (secondary N) is 1. The molecule has 0 bridgehead atoms. The Morgan fingerprint density at radius 3 is 2.47 bits per heavy atom. The summed E-state index contributed by atoms with van der Waals surface area (Å²) in [7, 11) is 2.08. The molecule has 2 N–H and O–H groups in total. The average molecular weight is 212 g/mol. The number of aliphatic hydroxyl groups excluding tert-OH is 1. The van der Waals surface area contributed by atoms with Crippen LogP contribution >= 0.6 is 0 Å². The van der Waals surface area contributed by atoms with Crippen molar-refractivity contribution in [2.24, 2.45) is 5.92 Å².